The predicted molar refractivity (Wildman–Crippen MR) is 71.0 cm³/mol. The summed E-state index contributed by atoms with van der Waals surface area (Å²) in [5, 5.41) is 9.77. The first-order valence-electron chi connectivity index (χ1n) is 6.64. The number of benzene rings is 1. The summed E-state index contributed by atoms with van der Waals surface area (Å²) in [6, 6.07) is 8.34. The number of phenolic OH excluding ortho intramolecular Hbond substituents is 1. The molecule has 0 amide bonds. The van der Waals surface area contributed by atoms with Crippen LogP contribution in [-0.2, 0) is 6.54 Å². The van der Waals surface area contributed by atoms with Gasteiger partial charge in [-0.25, -0.2) is 0 Å². The molecule has 1 fully saturated rings. The molecule has 2 nitrogen and oxygen atoms in total. The van der Waals surface area contributed by atoms with Gasteiger partial charge >= 0.3 is 0 Å². The highest BCUT2D eigenvalue weighted by Crippen LogP contribution is 2.28. The largest absolute Gasteiger partial charge is 0.508 e. The van der Waals surface area contributed by atoms with E-state index in [0.717, 1.165) is 18.0 Å². The third kappa shape index (κ3) is 3.22. The van der Waals surface area contributed by atoms with Crippen LogP contribution in [0, 0.1) is 5.92 Å². The van der Waals surface area contributed by atoms with E-state index in [4.69, 9.17) is 0 Å². The second kappa shape index (κ2) is 5.54. The SMILES string of the molecule is CC1CCC(N(C)Cc2ccccc2O)CC1. The summed E-state index contributed by atoms with van der Waals surface area (Å²) >= 11 is 0. The van der Waals surface area contributed by atoms with Crippen LogP contribution in [0.15, 0.2) is 24.3 Å². The first-order chi connectivity index (χ1) is 8.16. The Morgan fingerprint density at radius 2 is 1.82 bits per heavy atom. The second-order valence-corrected chi connectivity index (χ2v) is 5.46. The average molecular weight is 233 g/mol. The van der Waals surface area contributed by atoms with Gasteiger partial charge in [0.1, 0.15) is 5.75 Å². The number of phenols is 1. The van der Waals surface area contributed by atoms with E-state index < -0.39 is 0 Å². The van der Waals surface area contributed by atoms with Crippen LogP contribution in [0.2, 0.25) is 0 Å². The van der Waals surface area contributed by atoms with Gasteiger partial charge in [0.15, 0.2) is 0 Å². The van der Waals surface area contributed by atoms with E-state index in [0.29, 0.717) is 11.8 Å². The number of hydrogen-bond donors (Lipinski definition) is 1. The fraction of sp³-hybridized carbons (Fsp3) is 0.600. The van der Waals surface area contributed by atoms with Crippen LogP contribution < -0.4 is 0 Å². The lowest BCUT2D eigenvalue weighted by molar-refractivity contribution is 0.162. The number of para-hydroxylation sites is 1. The van der Waals surface area contributed by atoms with Gasteiger partial charge in [-0.2, -0.15) is 0 Å². The molecule has 0 saturated heterocycles. The van der Waals surface area contributed by atoms with Gasteiger partial charge in [-0.1, -0.05) is 25.1 Å². The van der Waals surface area contributed by atoms with Crippen LogP contribution in [0.5, 0.6) is 5.75 Å². The Bertz CT molecular complexity index is 356. The molecule has 1 N–H and O–H groups in total. The van der Waals surface area contributed by atoms with Gasteiger partial charge in [0, 0.05) is 18.2 Å². The van der Waals surface area contributed by atoms with Gasteiger partial charge < -0.3 is 5.11 Å². The van der Waals surface area contributed by atoms with Gasteiger partial charge in [-0.05, 0) is 44.7 Å². The molecule has 1 aromatic rings. The molecular weight excluding hydrogens is 210 g/mol. The summed E-state index contributed by atoms with van der Waals surface area (Å²) in [4.78, 5) is 2.39. The average Bonchev–Trinajstić information content (AvgIpc) is 2.33. The Kier molecular flexibility index (Phi) is 4.06. The van der Waals surface area contributed by atoms with E-state index in [-0.39, 0.29) is 0 Å². The van der Waals surface area contributed by atoms with E-state index in [2.05, 4.69) is 18.9 Å². The smallest absolute Gasteiger partial charge is 0.120 e. The number of nitrogens with zero attached hydrogens (tertiary/aromatic N) is 1. The van der Waals surface area contributed by atoms with Crippen molar-refractivity contribution in [1.82, 2.24) is 4.90 Å². The molecule has 1 saturated carbocycles. The van der Waals surface area contributed by atoms with Crippen LogP contribution in [0.25, 0.3) is 0 Å². The van der Waals surface area contributed by atoms with Gasteiger partial charge in [0.05, 0.1) is 0 Å². The number of hydrogen-bond acceptors (Lipinski definition) is 2. The first kappa shape index (κ1) is 12.4. The van der Waals surface area contributed by atoms with Crippen molar-refractivity contribution in [1.29, 1.82) is 0 Å². The van der Waals surface area contributed by atoms with E-state index >= 15 is 0 Å². The summed E-state index contributed by atoms with van der Waals surface area (Å²) in [7, 11) is 2.17. The Balaban J connectivity index is 1.93. The van der Waals surface area contributed by atoms with E-state index in [9.17, 15) is 5.11 Å². The van der Waals surface area contributed by atoms with Crippen molar-refractivity contribution in [3.8, 4) is 5.75 Å². The predicted octanol–water partition coefficient (Wildman–Crippen LogP) is 3.40. The van der Waals surface area contributed by atoms with Gasteiger partial charge in [-0.3, -0.25) is 4.90 Å². The fourth-order valence-corrected chi connectivity index (χ4v) is 2.73. The quantitative estimate of drug-likeness (QED) is 0.865. The van der Waals surface area contributed by atoms with Gasteiger partial charge in [0.25, 0.3) is 0 Å². The van der Waals surface area contributed by atoms with Crippen LogP contribution >= 0.6 is 0 Å². The summed E-state index contributed by atoms with van der Waals surface area (Å²) in [5.74, 6) is 1.31. The summed E-state index contributed by atoms with van der Waals surface area (Å²) in [6.07, 6.45) is 5.28. The number of aromatic hydroxyl groups is 1. The molecule has 94 valence electrons. The van der Waals surface area contributed by atoms with E-state index in [1.54, 1.807) is 6.07 Å². The molecular formula is C15H23NO. The minimum Gasteiger partial charge on any atom is -0.508 e. The molecule has 0 bridgehead atoms. The van der Waals surface area contributed by atoms with Crippen molar-refractivity contribution in [3.63, 3.8) is 0 Å². The molecule has 0 atom stereocenters. The molecule has 17 heavy (non-hydrogen) atoms. The minimum absolute atomic E-state index is 0.420. The van der Waals surface area contributed by atoms with E-state index in [1.165, 1.54) is 25.7 Å². The molecule has 0 unspecified atom stereocenters. The lowest BCUT2D eigenvalue weighted by atomic mass is 9.86. The van der Waals surface area contributed by atoms with Crippen molar-refractivity contribution >= 4 is 0 Å². The maximum Gasteiger partial charge on any atom is 0.120 e. The second-order valence-electron chi connectivity index (χ2n) is 5.46. The Morgan fingerprint density at radius 3 is 2.47 bits per heavy atom. The van der Waals surface area contributed by atoms with Crippen LogP contribution in [0.4, 0.5) is 0 Å². The van der Waals surface area contributed by atoms with Crippen molar-refractivity contribution in [2.45, 2.75) is 45.2 Å². The molecule has 1 aliphatic carbocycles. The highest BCUT2D eigenvalue weighted by atomic mass is 16.3. The summed E-state index contributed by atoms with van der Waals surface area (Å²) in [6.45, 7) is 3.20. The zero-order valence-corrected chi connectivity index (χ0v) is 10.9. The normalized spacial score (nSPS) is 25.1. The van der Waals surface area contributed by atoms with E-state index in [1.807, 2.05) is 18.2 Å². The summed E-state index contributed by atoms with van der Waals surface area (Å²) < 4.78 is 0. The zero-order valence-electron chi connectivity index (χ0n) is 10.9. The Labute approximate surface area is 104 Å². The molecule has 0 radical (unpaired) electrons. The summed E-state index contributed by atoms with van der Waals surface area (Å²) in [5.41, 5.74) is 1.04. The Morgan fingerprint density at radius 1 is 1.18 bits per heavy atom. The monoisotopic (exact) mass is 233 g/mol. The van der Waals surface area contributed by atoms with Crippen LogP contribution in [-0.4, -0.2) is 23.1 Å². The van der Waals surface area contributed by atoms with Crippen molar-refractivity contribution in [2.75, 3.05) is 7.05 Å². The first-order valence-corrected chi connectivity index (χ1v) is 6.64. The van der Waals surface area contributed by atoms with Crippen LogP contribution in [0.3, 0.4) is 0 Å². The Hall–Kier alpha value is -1.02. The van der Waals surface area contributed by atoms with Crippen molar-refractivity contribution in [3.05, 3.63) is 29.8 Å². The van der Waals surface area contributed by atoms with Crippen LogP contribution in [0.1, 0.15) is 38.2 Å². The highest BCUT2D eigenvalue weighted by molar-refractivity contribution is 5.31. The molecule has 0 heterocycles. The topological polar surface area (TPSA) is 23.5 Å². The molecule has 0 spiro atoms. The molecule has 1 aromatic carbocycles. The zero-order chi connectivity index (χ0) is 12.3. The standard InChI is InChI=1S/C15H23NO/c1-12-7-9-14(10-8-12)16(2)11-13-5-3-4-6-15(13)17/h3-6,12,14,17H,7-11H2,1-2H3. The molecule has 2 rings (SSSR count). The van der Waals surface area contributed by atoms with Gasteiger partial charge in [-0.15, -0.1) is 0 Å². The highest BCUT2D eigenvalue weighted by Gasteiger charge is 2.21. The van der Waals surface area contributed by atoms with Crippen molar-refractivity contribution in [2.24, 2.45) is 5.92 Å². The molecule has 0 aromatic heterocycles. The molecule has 2 heteroatoms. The van der Waals surface area contributed by atoms with Crippen molar-refractivity contribution < 1.29 is 5.11 Å². The van der Waals surface area contributed by atoms with Gasteiger partial charge in [0.2, 0.25) is 0 Å². The number of rotatable bonds is 3. The lowest BCUT2D eigenvalue weighted by Gasteiger charge is -2.33. The third-order valence-electron chi connectivity index (χ3n) is 4.02. The molecule has 0 aliphatic heterocycles. The minimum atomic E-state index is 0.420. The third-order valence-corrected chi connectivity index (χ3v) is 4.02. The maximum absolute atomic E-state index is 9.77. The maximum atomic E-state index is 9.77. The molecule has 1 aliphatic rings. The lowest BCUT2D eigenvalue weighted by Crippen LogP contribution is -2.34. The fourth-order valence-electron chi connectivity index (χ4n) is 2.73.